The third kappa shape index (κ3) is 2.79. The number of hydrogen-bond donors (Lipinski definition) is 2. The molecule has 0 unspecified atom stereocenters. The van der Waals surface area contributed by atoms with Crippen LogP contribution in [0.5, 0.6) is 0 Å². The fourth-order valence-electron chi connectivity index (χ4n) is 0.709. The zero-order valence-corrected chi connectivity index (χ0v) is 8.38. The number of halogens is 3. The van der Waals surface area contributed by atoms with Gasteiger partial charge in [0.15, 0.2) is 0 Å². The molecule has 0 spiro atoms. The topological polar surface area (TPSA) is 49.9 Å². The first kappa shape index (κ1) is 11.4. The van der Waals surface area contributed by atoms with E-state index in [0.29, 0.717) is 10.0 Å². The van der Waals surface area contributed by atoms with E-state index < -0.39 is 5.82 Å². The van der Waals surface area contributed by atoms with Gasteiger partial charge in [-0.05, 0) is 18.2 Å². The van der Waals surface area contributed by atoms with Crippen molar-refractivity contribution in [2.24, 2.45) is 5.73 Å². The second-order valence-corrected chi connectivity index (χ2v) is 2.99. The first-order chi connectivity index (χ1) is 5.09. The number of amidine groups is 1. The van der Waals surface area contributed by atoms with Crippen molar-refractivity contribution in [2.75, 3.05) is 0 Å². The summed E-state index contributed by atoms with van der Waals surface area (Å²) in [6.07, 6.45) is 0. The molecule has 3 N–H and O–H groups in total. The zero-order chi connectivity index (χ0) is 8.43. The van der Waals surface area contributed by atoms with Crippen LogP contribution in [0.25, 0.3) is 0 Å². The van der Waals surface area contributed by atoms with Crippen LogP contribution >= 0.6 is 28.3 Å². The summed E-state index contributed by atoms with van der Waals surface area (Å²) in [5.74, 6) is -0.533. The van der Waals surface area contributed by atoms with Crippen molar-refractivity contribution in [3.8, 4) is 0 Å². The second-order valence-electron chi connectivity index (χ2n) is 2.07. The van der Waals surface area contributed by atoms with Gasteiger partial charge in [-0.2, -0.15) is 0 Å². The SMILES string of the molecule is Cl.N=C(N)c1cc(F)cc(Br)c1. The summed E-state index contributed by atoms with van der Waals surface area (Å²) >= 11 is 3.09. The highest BCUT2D eigenvalue weighted by molar-refractivity contribution is 9.10. The predicted octanol–water partition coefficient (Wildman–Crippen LogP) is 2.29. The third-order valence-corrected chi connectivity index (χ3v) is 1.63. The first-order valence-corrected chi connectivity index (χ1v) is 3.69. The van der Waals surface area contributed by atoms with Crippen LogP contribution in [-0.4, -0.2) is 5.84 Å². The van der Waals surface area contributed by atoms with E-state index in [1.807, 2.05) is 0 Å². The van der Waals surface area contributed by atoms with Crippen LogP contribution in [0.4, 0.5) is 4.39 Å². The van der Waals surface area contributed by atoms with Crippen molar-refractivity contribution in [3.05, 3.63) is 34.1 Å². The molecule has 0 aliphatic carbocycles. The maximum Gasteiger partial charge on any atom is 0.125 e. The Morgan fingerprint density at radius 1 is 1.42 bits per heavy atom. The van der Waals surface area contributed by atoms with Crippen molar-refractivity contribution in [1.82, 2.24) is 0 Å². The lowest BCUT2D eigenvalue weighted by molar-refractivity contribution is 0.626. The van der Waals surface area contributed by atoms with Crippen LogP contribution in [0, 0.1) is 11.2 Å². The summed E-state index contributed by atoms with van der Waals surface area (Å²) in [6.45, 7) is 0. The Morgan fingerprint density at radius 3 is 2.42 bits per heavy atom. The molecule has 12 heavy (non-hydrogen) atoms. The van der Waals surface area contributed by atoms with E-state index in [-0.39, 0.29) is 18.2 Å². The van der Waals surface area contributed by atoms with Crippen molar-refractivity contribution in [3.63, 3.8) is 0 Å². The lowest BCUT2D eigenvalue weighted by Crippen LogP contribution is -2.11. The Hall–Kier alpha value is -0.610. The van der Waals surface area contributed by atoms with Crippen LogP contribution in [-0.2, 0) is 0 Å². The Balaban J connectivity index is 0.00000121. The highest BCUT2D eigenvalue weighted by Crippen LogP contribution is 2.14. The summed E-state index contributed by atoms with van der Waals surface area (Å²) in [4.78, 5) is 0. The van der Waals surface area contributed by atoms with Gasteiger partial charge in [-0.25, -0.2) is 4.39 Å². The third-order valence-electron chi connectivity index (χ3n) is 1.17. The molecule has 0 aliphatic rings. The maximum atomic E-state index is 12.6. The Kier molecular flexibility index (Phi) is 4.20. The normalized spacial score (nSPS) is 8.83. The van der Waals surface area contributed by atoms with Crippen LogP contribution in [0.15, 0.2) is 22.7 Å². The highest BCUT2D eigenvalue weighted by atomic mass is 79.9. The molecule has 0 aromatic heterocycles. The summed E-state index contributed by atoms with van der Waals surface area (Å²) in [5.41, 5.74) is 5.53. The zero-order valence-electron chi connectivity index (χ0n) is 5.97. The predicted molar refractivity (Wildman–Crippen MR) is 52.4 cm³/mol. The molecular weight excluding hydrogens is 246 g/mol. The molecule has 5 heteroatoms. The number of hydrogen-bond acceptors (Lipinski definition) is 1. The Labute approximate surface area is 84.0 Å². The molecule has 1 aromatic rings. The second kappa shape index (κ2) is 4.42. The molecule has 1 rings (SSSR count). The van der Waals surface area contributed by atoms with E-state index in [2.05, 4.69) is 15.9 Å². The summed E-state index contributed by atoms with van der Waals surface area (Å²) in [7, 11) is 0. The average Bonchev–Trinajstić information content (AvgIpc) is 1.85. The van der Waals surface area contributed by atoms with Crippen molar-refractivity contribution in [2.45, 2.75) is 0 Å². The average molecular weight is 254 g/mol. The van der Waals surface area contributed by atoms with Gasteiger partial charge >= 0.3 is 0 Å². The minimum absolute atomic E-state index is 0. The van der Waals surface area contributed by atoms with Crippen LogP contribution in [0.3, 0.4) is 0 Å². The van der Waals surface area contributed by atoms with E-state index in [9.17, 15) is 4.39 Å². The van der Waals surface area contributed by atoms with Gasteiger partial charge in [-0.15, -0.1) is 12.4 Å². The van der Waals surface area contributed by atoms with E-state index >= 15 is 0 Å². The molecule has 0 saturated heterocycles. The summed E-state index contributed by atoms with van der Waals surface area (Å²) < 4.78 is 13.2. The number of nitrogens with two attached hydrogens (primary N) is 1. The van der Waals surface area contributed by atoms with E-state index in [1.54, 1.807) is 6.07 Å². The van der Waals surface area contributed by atoms with Crippen LogP contribution in [0.1, 0.15) is 5.56 Å². The number of nitrogen functional groups attached to an aromatic ring is 1. The van der Waals surface area contributed by atoms with Gasteiger partial charge in [0.1, 0.15) is 11.7 Å². The lowest BCUT2D eigenvalue weighted by atomic mass is 10.2. The van der Waals surface area contributed by atoms with Crippen LogP contribution in [0.2, 0.25) is 0 Å². The minimum Gasteiger partial charge on any atom is -0.384 e. The van der Waals surface area contributed by atoms with E-state index in [1.165, 1.54) is 12.1 Å². The molecule has 0 fully saturated rings. The quantitative estimate of drug-likeness (QED) is 0.585. The molecule has 0 amide bonds. The van der Waals surface area contributed by atoms with E-state index in [4.69, 9.17) is 11.1 Å². The molecule has 0 atom stereocenters. The monoisotopic (exact) mass is 252 g/mol. The fraction of sp³-hybridized carbons (Fsp3) is 0. The van der Waals surface area contributed by atoms with Crippen LogP contribution < -0.4 is 5.73 Å². The summed E-state index contributed by atoms with van der Waals surface area (Å²) in [6, 6.07) is 4.12. The standard InChI is InChI=1S/C7H6BrFN2.ClH/c8-5-1-4(7(10)11)2-6(9)3-5;/h1-3H,(H3,10,11);1H. The van der Waals surface area contributed by atoms with Gasteiger partial charge in [0.05, 0.1) is 0 Å². The molecular formula is C7H7BrClFN2. The highest BCUT2D eigenvalue weighted by Gasteiger charge is 2.00. The van der Waals surface area contributed by atoms with Gasteiger partial charge in [0.2, 0.25) is 0 Å². The molecule has 0 heterocycles. The van der Waals surface area contributed by atoms with Crippen molar-refractivity contribution >= 4 is 34.2 Å². The van der Waals surface area contributed by atoms with Gasteiger partial charge in [-0.1, -0.05) is 15.9 Å². The minimum atomic E-state index is -0.399. The Morgan fingerprint density at radius 2 is 2.00 bits per heavy atom. The lowest BCUT2D eigenvalue weighted by Gasteiger charge is -1.98. The first-order valence-electron chi connectivity index (χ1n) is 2.90. The number of benzene rings is 1. The molecule has 66 valence electrons. The molecule has 0 aliphatic heterocycles. The number of rotatable bonds is 1. The van der Waals surface area contributed by atoms with Gasteiger partial charge in [0, 0.05) is 10.0 Å². The fourth-order valence-corrected chi connectivity index (χ4v) is 1.17. The molecule has 0 radical (unpaired) electrons. The smallest absolute Gasteiger partial charge is 0.125 e. The molecule has 1 aromatic carbocycles. The van der Waals surface area contributed by atoms with E-state index in [0.717, 1.165) is 0 Å². The molecule has 2 nitrogen and oxygen atoms in total. The number of nitrogens with one attached hydrogen (secondary N) is 1. The van der Waals surface area contributed by atoms with Gasteiger partial charge < -0.3 is 5.73 Å². The Bertz CT molecular complexity index is 283. The molecule has 0 bridgehead atoms. The van der Waals surface area contributed by atoms with Crippen molar-refractivity contribution < 1.29 is 4.39 Å². The molecule has 0 saturated carbocycles. The largest absolute Gasteiger partial charge is 0.384 e. The van der Waals surface area contributed by atoms with Crippen molar-refractivity contribution in [1.29, 1.82) is 5.41 Å². The van der Waals surface area contributed by atoms with Gasteiger partial charge in [0.25, 0.3) is 0 Å². The summed E-state index contributed by atoms with van der Waals surface area (Å²) in [5, 5.41) is 7.02. The van der Waals surface area contributed by atoms with Gasteiger partial charge in [-0.3, -0.25) is 5.41 Å². The maximum absolute atomic E-state index is 12.6.